The molecule has 0 aromatic carbocycles. The SMILES string of the molecule is CCC=CCC=CCC=CCC=CCC=CCCCC(=O)OC[C@H](COP(=O)(O)OCCN)OC(=O)CCCCCCCC=CCCCC. The van der Waals surface area contributed by atoms with E-state index in [1.54, 1.807) is 0 Å². The van der Waals surface area contributed by atoms with Gasteiger partial charge in [-0.1, -0.05) is 119 Å². The van der Waals surface area contributed by atoms with Gasteiger partial charge in [0.1, 0.15) is 6.61 Å². The normalized spacial score (nSPS) is 14.3. The zero-order chi connectivity index (χ0) is 36.1. The van der Waals surface area contributed by atoms with E-state index in [2.05, 4.69) is 80.7 Å². The van der Waals surface area contributed by atoms with Crippen molar-refractivity contribution in [3.63, 3.8) is 0 Å². The number of carbonyl (C=O) groups is 2. The van der Waals surface area contributed by atoms with E-state index in [0.717, 1.165) is 77.0 Å². The molecule has 0 saturated heterocycles. The van der Waals surface area contributed by atoms with E-state index in [9.17, 15) is 19.0 Å². The fourth-order valence-corrected chi connectivity index (χ4v) is 5.12. The van der Waals surface area contributed by atoms with Crippen LogP contribution in [-0.4, -0.2) is 49.3 Å². The van der Waals surface area contributed by atoms with Gasteiger partial charge in [0.15, 0.2) is 6.10 Å². The van der Waals surface area contributed by atoms with Crippen molar-refractivity contribution in [2.75, 3.05) is 26.4 Å². The molecule has 0 aromatic heterocycles. The molecule has 0 aliphatic carbocycles. The summed E-state index contributed by atoms with van der Waals surface area (Å²) in [6, 6.07) is 0. The van der Waals surface area contributed by atoms with Gasteiger partial charge in [0.2, 0.25) is 0 Å². The van der Waals surface area contributed by atoms with Gasteiger partial charge in [-0.05, 0) is 70.6 Å². The third-order valence-corrected chi connectivity index (χ3v) is 8.06. The van der Waals surface area contributed by atoms with Crippen LogP contribution in [-0.2, 0) is 32.7 Å². The monoisotopic (exact) mass is 707 g/mol. The van der Waals surface area contributed by atoms with Gasteiger partial charge in [-0.25, -0.2) is 4.57 Å². The second-order valence-corrected chi connectivity index (χ2v) is 13.2. The van der Waals surface area contributed by atoms with E-state index >= 15 is 0 Å². The third kappa shape index (κ3) is 35.1. The molecular formula is C39H66NO8P. The molecule has 0 fully saturated rings. The maximum atomic E-state index is 12.5. The Balaban J connectivity index is 4.36. The van der Waals surface area contributed by atoms with Crippen LogP contribution in [0.1, 0.15) is 129 Å². The Kier molecular flexibility index (Phi) is 33.4. The molecule has 0 radical (unpaired) electrons. The van der Waals surface area contributed by atoms with Gasteiger partial charge < -0.3 is 20.1 Å². The Hall–Kier alpha value is -2.55. The summed E-state index contributed by atoms with van der Waals surface area (Å²) in [4.78, 5) is 34.6. The van der Waals surface area contributed by atoms with Gasteiger partial charge in [0.05, 0.1) is 13.2 Å². The van der Waals surface area contributed by atoms with Crippen molar-refractivity contribution in [1.82, 2.24) is 0 Å². The molecule has 280 valence electrons. The summed E-state index contributed by atoms with van der Waals surface area (Å²) >= 11 is 0. The van der Waals surface area contributed by atoms with Gasteiger partial charge in [-0.3, -0.25) is 18.6 Å². The van der Waals surface area contributed by atoms with Crippen molar-refractivity contribution in [1.29, 1.82) is 0 Å². The molecule has 0 spiro atoms. The molecule has 49 heavy (non-hydrogen) atoms. The molecule has 0 saturated carbocycles. The number of esters is 2. The first-order chi connectivity index (χ1) is 23.8. The molecular weight excluding hydrogens is 641 g/mol. The van der Waals surface area contributed by atoms with Gasteiger partial charge in [0.25, 0.3) is 0 Å². The van der Waals surface area contributed by atoms with Crippen molar-refractivity contribution < 1.29 is 37.6 Å². The minimum Gasteiger partial charge on any atom is -0.462 e. The molecule has 10 heteroatoms. The summed E-state index contributed by atoms with van der Waals surface area (Å²) in [7, 11) is -4.39. The summed E-state index contributed by atoms with van der Waals surface area (Å²) in [5.41, 5.74) is 5.32. The lowest BCUT2D eigenvalue weighted by molar-refractivity contribution is -0.161. The number of hydrogen-bond donors (Lipinski definition) is 2. The molecule has 0 aliphatic heterocycles. The lowest BCUT2D eigenvalue weighted by Crippen LogP contribution is -2.29. The Morgan fingerprint density at radius 1 is 0.633 bits per heavy atom. The number of phosphoric acid groups is 1. The molecule has 0 heterocycles. The number of nitrogens with two attached hydrogens (primary N) is 1. The van der Waals surface area contributed by atoms with Crippen LogP contribution in [0.3, 0.4) is 0 Å². The topological polar surface area (TPSA) is 134 Å². The fourth-order valence-electron chi connectivity index (χ4n) is 4.35. The van der Waals surface area contributed by atoms with Crippen LogP contribution in [0.2, 0.25) is 0 Å². The zero-order valence-electron chi connectivity index (χ0n) is 30.4. The molecule has 9 nitrogen and oxygen atoms in total. The van der Waals surface area contributed by atoms with Crippen LogP contribution in [0, 0.1) is 0 Å². The molecule has 2 atom stereocenters. The first-order valence-electron chi connectivity index (χ1n) is 18.4. The fraction of sp³-hybridized carbons (Fsp3) is 0.641. The highest BCUT2D eigenvalue weighted by Crippen LogP contribution is 2.43. The molecule has 0 bridgehead atoms. The van der Waals surface area contributed by atoms with Crippen molar-refractivity contribution >= 4 is 19.8 Å². The van der Waals surface area contributed by atoms with E-state index in [1.165, 1.54) is 12.8 Å². The average Bonchev–Trinajstić information content (AvgIpc) is 3.08. The van der Waals surface area contributed by atoms with Crippen molar-refractivity contribution in [2.24, 2.45) is 5.73 Å². The average molecular weight is 708 g/mol. The maximum Gasteiger partial charge on any atom is 0.472 e. The van der Waals surface area contributed by atoms with E-state index < -0.39 is 32.5 Å². The Morgan fingerprint density at radius 2 is 1.14 bits per heavy atom. The smallest absolute Gasteiger partial charge is 0.462 e. The van der Waals surface area contributed by atoms with Crippen LogP contribution in [0.5, 0.6) is 0 Å². The van der Waals surface area contributed by atoms with E-state index in [1.807, 2.05) is 6.08 Å². The van der Waals surface area contributed by atoms with Crippen LogP contribution in [0.25, 0.3) is 0 Å². The number of allylic oxidation sites excluding steroid dienone is 12. The van der Waals surface area contributed by atoms with E-state index in [0.29, 0.717) is 12.8 Å². The molecule has 0 amide bonds. The summed E-state index contributed by atoms with van der Waals surface area (Å²) in [5.74, 6) is -0.919. The van der Waals surface area contributed by atoms with Crippen LogP contribution < -0.4 is 5.73 Å². The number of carbonyl (C=O) groups excluding carboxylic acids is 2. The van der Waals surface area contributed by atoms with Crippen molar-refractivity contribution in [2.45, 2.75) is 136 Å². The lowest BCUT2D eigenvalue weighted by atomic mass is 10.1. The van der Waals surface area contributed by atoms with Crippen LogP contribution in [0.15, 0.2) is 72.9 Å². The first-order valence-corrected chi connectivity index (χ1v) is 19.9. The maximum absolute atomic E-state index is 12.5. The van der Waals surface area contributed by atoms with Gasteiger partial charge >= 0.3 is 19.8 Å². The molecule has 3 N–H and O–H groups in total. The Labute approximate surface area is 297 Å². The van der Waals surface area contributed by atoms with Crippen molar-refractivity contribution in [3.8, 4) is 0 Å². The number of hydrogen-bond acceptors (Lipinski definition) is 8. The predicted molar refractivity (Wildman–Crippen MR) is 201 cm³/mol. The summed E-state index contributed by atoms with van der Waals surface area (Å²) in [6.45, 7) is 3.46. The second-order valence-electron chi connectivity index (χ2n) is 11.7. The highest BCUT2D eigenvalue weighted by Gasteiger charge is 2.25. The molecule has 0 aromatic rings. The Bertz CT molecular complexity index is 1030. The molecule has 1 unspecified atom stereocenters. The first kappa shape index (κ1) is 46.5. The summed E-state index contributed by atoms with van der Waals surface area (Å²) in [6.07, 6.45) is 40.9. The van der Waals surface area contributed by atoms with Crippen molar-refractivity contribution in [3.05, 3.63) is 72.9 Å². The minimum absolute atomic E-state index is 0.0409. The third-order valence-electron chi connectivity index (χ3n) is 7.08. The summed E-state index contributed by atoms with van der Waals surface area (Å²) in [5, 5.41) is 0. The zero-order valence-corrected chi connectivity index (χ0v) is 31.3. The quantitative estimate of drug-likeness (QED) is 0.0296. The summed E-state index contributed by atoms with van der Waals surface area (Å²) < 4.78 is 32.5. The standard InChI is InChI=1S/C39H66NO8P/c1-3-5-7-9-11-13-15-16-17-18-19-20-22-23-25-27-29-31-38(41)45-35-37(36-47-49(43,44)46-34-33-40)48-39(42)32-30-28-26-24-21-14-12-10-8-6-4-2/h5,7,10-13,16-17,19-20,23,25,37H,3-4,6,8-9,14-15,18,21-22,24,26-36,40H2,1-2H3,(H,43,44)/t37-/m1/s1. The number of ether oxygens (including phenoxy) is 2. The van der Waals surface area contributed by atoms with Gasteiger partial charge in [0, 0.05) is 19.4 Å². The lowest BCUT2D eigenvalue weighted by Gasteiger charge is -2.19. The largest absolute Gasteiger partial charge is 0.472 e. The Morgan fingerprint density at radius 3 is 1.76 bits per heavy atom. The molecule has 0 aliphatic rings. The number of rotatable bonds is 33. The van der Waals surface area contributed by atoms with Gasteiger partial charge in [-0.2, -0.15) is 0 Å². The predicted octanol–water partition coefficient (Wildman–Crippen LogP) is 9.93. The minimum atomic E-state index is -4.39. The number of phosphoric ester groups is 1. The van der Waals surface area contributed by atoms with E-state index in [4.69, 9.17) is 24.3 Å². The second kappa shape index (κ2) is 35.3. The highest BCUT2D eigenvalue weighted by molar-refractivity contribution is 7.47. The molecule has 0 rings (SSSR count). The van der Waals surface area contributed by atoms with E-state index in [-0.39, 0.29) is 32.6 Å². The van der Waals surface area contributed by atoms with Crippen LogP contribution >= 0.6 is 7.82 Å². The highest BCUT2D eigenvalue weighted by atomic mass is 31.2. The number of unbranched alkanes of at least 4 members (excludes halogenated alkanes) is 8. The van der Waals surface area contributed by atoms with Crippen LogP contribution in [0.4, 0.5) is 0 Å². The van der Waals surface area contributed by atoms with Gasteiger partial charge in [-0.15, -0.1) is 0 Å².